The van der Waals surface area contributed by atoms with Crippen LogP contribution in [0.5, 0.6) is 0 Å². The summed E-state index contributed by atoms with van der Waals surface area (Å²) in [5.41, 5.74) is 3.68. The van der Waals surface area contributed by atoms with Gasteiger partial charge in [-0.05, 0) is 46.5 Å². The van der Waals surface area contributed by atoms with Gasteiger partial charge in [0.05, 0.1) is 11.0 Å². The summed E-state index contributed by atoms with van der Waals surface area (Å²) in [6.45, 7) is 0. The van der Waals surface area contributed by atoms with Crippen molar-refractivity contribution in [3.05, 3.63) is 114 Å². The summed E-state index contributed by atoms with van der Waals surface area (Å²) in [7, 11) is 0. The average Bonchev–Trinajstić information content (AvgIpc) is 3.44. The first-order valence-corrected chi connectivity index (χ1v) is 12.9. The molecule has 0 radical (unpaired) electrons. The largest absolute Gasteiger partial charge is 0.309 e. The zero-order valence-corrected chi connectivity index (χ0v) is 20.2. The summed E-state index contributed by atoms with van der Waals surface area (Å²) in [6, 6.07) is 39.4. The number of hydrogen-bond acceptors (Lipinski definition) is 1. The highest BCUT2D eigenvalue weighted by Gasteiger charge is 2.19. The first-order chi connectivity index (χ1) is 17.3. The molecule has 0 N–H and O–H groups in total. The molecular formula is C32H18ClNS. The summed E-state index contributed by atoms with van der Waals surface area (Å²) < 4.78 is 4.95. The highest BCUT2D eigenvalue weighted by atomic mass is 35.5. The van der Waals surface area contributed by atoms with E-state index in [1.165, 1.54) is 69.2 Å². The lowest BCUT2D eigenvalue weighted by Crippen LogP contribution is -1.94. The Labute approximate surface area is 210 Å². The highest BCUT2D eigenvalue weighted by Crippen LogP contribution is 2.43. The Morgan fingerprint density at radius 1 is 0.514 bits per heavy atom. The van der Waals surface area contributed by atoms with Gasteiger partial charge in [0.1, 0.15) is 0 Å². The number of thiophene rings is 1. The molecule has 164 valence electrons. The summed E-state index contributed by atoms with van der Waals surface area (Å²) in [5, 5.41) is 11.1. The smallest absolute Gasteiger partial charge is 0.0625 e. The van der Waals surface area contributed by atoms with E-state index in [1.807, 2.05) is 6.07 Å². The van der Waals surface area contributed by atoms with Gasteiger partial charge in [-0.25, -0.2) is 0 Å². The van der Waals surface area contributed by atoms with E-state index in [4.69, 9.17) is 11.6 Å². The molecule has 0 amide bonds. The molecule has 1 nitrogen and oxygen atoms in total. The van der Waals surface area contributed by atoms with Crippen LogP contribution in [-0.2, 0) is 0 Å². The van der Waals surface area contributed by atoms with E-state index in [-0.39, 0.29) is 0 Å². The Balaban J connectivity index is 1.58. The first kappa shape index (κ1) is 19.5. The molecule has 2 aromatic heterocycles. The van der Waals surface area contributed by atoms with E-state index < -0.39 is 0 Å². The Morgan fingerprint density at radius 2 is 1.11 bits per heavy atom. The van der Waals surface area contributed by atoms with E-state index in [0.717, 1.165) is 5.02 Å². The van der Waals surface area contributed by atoms with Crippen LogP contribution in [0, 0.1) is 0 Å². The van der Waals surface area contributed by atoms with Gasteiger partial charge in [0.2, 0.25) is 0 Å². The molecule has 0 bridgehead atoms. The third-order valence-corrected chi connectivity index (χ3v) is 8.57. The average molecular weight is 484 g/mol. The number of halogens is 1. The van der Waals surface area contributed by atoms with Crippen molar-refractivity contribution in [2.24, 2.45) is 0 Å². The van der Waals surface area contributed by atoms with Gasteiger partial charge in [-0.1, -0.05) is 90.5 Å². The van der Waals surface area contributed by atoms with Crippen molar-refractivity contribution >= 4 is 86.5 Å². The van der Waals surface area contributed by atoms with Crippen LogP contribution in [0.15, 0.2) is 109 Å². The number of hydrogen-bond donors (Lipinski definition) is 0. The van der Waals surface area contributed by atoms with Crippen molar-refractivity contribution in [2.75, 3.05) is 0 Å². The predicted octanol–water partition coefficient (Wildman–Crippen LogP) is 10.1. The lowest BCUT2D eigenvalue weighted by Gasteiger charge is -2.12. The number of fused-ring (bicyclic) bond motifs is 11. The van der Waals surface area contributed by atoms with Crippen LogP contribution in [0.2, 0.25) is 5.02 Å². The fourth-order valence-corrected chi connectivity index (χ4v) is 7.19. The molecule has 2 heterocycles. The van der Waals surface area contributed by atoms with E-state index in [2.05, 4.69) is 108 Å². The van der Waals surface area contributed by atoms with Gasteiger partial charge in [-0.15, -0.1) is 11.3 Å². The van der Waals surface area contributed by atoms with Crippen molar-refractivity contribution < 1.29 is 0 Å². The van der Waals surface area contributed by atoms with Crippen molar-refractivity contribution in [1.29, 1.82) is 0 Å². The maximum Gasteiger partial charge on any atom is 0.0625 e. The SMILES string of the molecule is Clc1ccc2c(c1)sc1cc(-n3c4ccccc4c4c5ccccc5c5ccccc5c43)ccc12. The third-order valence-electron chi connectivity index (χ3n) is 7.22. The fraction of sp³-hybridized carbons (Fsp3) is 0. The van der Waals surface area contributed by atoms with Crippen LogP contribution in [0.3, 0.4) is 0 Å². The van der Waals surface area contributed by atoms with Crippen molar-refractivity contribution in [2.45, 2.75) is 0 Å². The first-order valence-electron chi connectivity index (χ1n) is 11.7. The van der Waals surface area contributed by atoms with E-state index >= 15 is 0 Å². The lowest BCUT2D eigenvalue weighted by atomic mass is 9.97. The van der Waals surface area contributed by atoms with E-state index in [9.17, 15) is 0 Å². The molecule has 0 saturated carbocycles. The van der Waals surface area contributed by atoms with Gasteiger partial charge >= 0.3 is 0 Å². The number of para-hydroxylation sites is 1. The minimum absolute atomic E-state index is 0.782. The Hall–Kier alpha value is -3.85. The number of nitrogens with zero attached hydrogens (tertiary/aromatic N) is 1. The number of rotatable bonds is 1. The van der Waals surface area contributed by atoms with Gasteiger partial charge in [-0.2, -0.15) is 0 Å². The summed E-state index contributed by atoms with van der Waals surface area (Å²) in [5.74, 6) is 0. The zero-order valence-electron chi connectivity index (χ0n) is 18.6. The molecule has 3 heteroatoms. The second-order valence-electron chi connectivity index (χ2n) is 9.09. The Bertz CT molecular complexity index is 2130. The second-order valence-corrected chi connectivity index (χ2v) is 10.6. The standard InChI is InChI=1S/C32H18ClNS/c33-19-13-15-23-24-16-14-20(18-30(24)35-29(23)17-19)34-28-12-6-5-11-27(28)31-25-9-3-1-7-21(25)22-8-2-4-10-26(22)32(31)34/h1-18H. The quantitative estimate of drug-likeness (QED) is 0.205. The Morgan fingerprint density at radius 3 is 1.91 bits per heavy atom. The minimum atomic E-state index is 0.782. The number of aromatic nitrogens is 1. The molecule has 0 spiro atoms. The van der Waals surface area contributed by atoms with Crippen molar-refractivity contribution in [3.63, 3.8) is 0 Å². The molecular weight excluding hydrogens is 466 g/mol. The van der Waals surface area contributed by atoms with Crippen LogP contribution in [0.1, 0.15) is 0 Å². The second kappa shape index (κ2) is 7.08. The maximum absolute atomic E-state index is 6.30. The molecule has 8 aromatic rings. The van der Waals surface area contributed by atoms with E-state index in [0.29, 0.717) is 0 Å². The summed E-state index contributed by atoms with van der Waals surface area (Å²) in [4.78, 5) is 0. The van der Waals surface area contributed by atoms with E-state index in [1.54, 1.807) is 11.3 Å². The number of benzene rings is 6. The van der Waals surface area contributed by atoms with Crippen LogP contribution < -0.4 is 0 Å². The zero-order chi connectivity index (χ0) is 23.1. The molecule has 0 aliphatic heterocycles. The maximum atomic E-state index is 6.30. The van der Waals surface area contributed by atoms with Crippen LogP contribution in [0.25, 0.3) is 69.2 Å². The molecule has 0 unspecified atom stereocenters. The summed E-state index contributed by atoms with van der Waals surface area (Å²) >= 11 is 8.10. The minimum Gasteiger partial charge on any atom is -0.309 e. The van der Waals surface area contributed by atoms with Gasteiger partial charge in [-0.3, -0.25) is 0 Å². The fourth-order valence-electron chi connectivity index (χ4n) is 5.77. The lowest BCUT2D eigenvalue weighted by molar-refractivity contribution is 1.19. The van der Waals surface area contributed by atoms with Gasteiger partial charge in [0.15, 0.2) is 0 Å². The van der Waals surface area contributed by atoms with Crippen molar-refractivity contribution in [1.82, 2.24) is 4.57 Å². The van der Waals surface area contributed by atoms with Gasteiger partial charge in [0.25, 0.3) is 0 Å². The third kappa shape index (κ3) is 2.64. The van der Waals surface area contributed by atoms with Crippen LogP contribution >= 0.6 is 22.9 Å². The molecule has 0 aliphatic carbocycles. The molecule has 0 atom stereocenters. The van der Waals surface area contributed by atoms with Gasteiger partial charge < -0.3 is 4.57 Å². The predicted molar refractivity (Wildman–Crippen MR) is 154 cm³/mol. The molecule has 0 saturated heterocycles. The molecule has 0 aliphatic rings. The highest BCUT2D eigenvalue weighted by molar-refractivity contribution is 7.25. The van der Waals surface area contributed by atoms with Crippen LogP contribution in [0.4, 0.5) is 0 Å². The molecule has 0 fully saturated rings. The van der Waals surface area contributed by atoms with Crippen LogP contribution in [-0.4, -0.2) is 4.57 Å². The normalized spacial score (nSPS) is 12.1. The molecule has 6 aromatic carbocycles. The summed E-state index contributed by atoms with van der Waals surface area (Å²) in [6.07, 6.45) is 0. The topological polar surface area (TPSA) is 4.93 Å². The van der Waals surface area contributed by atoms with Crippen molar-refractivity contribution in [3.8, 4) is 5.69 Å². The molecule has 8 rings (SSSR count). The Kier molecular flexibility index (Phi) is 3.94. The van der Waals surface area contributed by atoms with Gasteiger partial charge in [0, 0.05) is 47.0 Å². The molecule has 35 heavy (non-hydrogen) atoms. The monoisotopic (exact) mass is 483 g/mol.